The summed E-state index contributed by atoms with van der Waals surface area (Å²) >= 11 is 5.74. The number of nitrogens with zero attached hydrogens (tertiary/aromatic N) is 1. The minimum Gasteiger partial charge on any atom is -0.491 e. The summed E-state index contributed by atoms with van der Waals surface area (Å²) < 4.78 is 58.2. The Hall–Kier alpha value is -3.55. The molecule has 1 fully saturated rings. The van der Waals surface area contributed by atoms with Crippen LogP contribution in [0.4, 0.5) is 23.2 Å². The maximum Gasteiger partial charge on any atom is 0.432 e. The summed E-state index contributed by atoms with van der Waals surface area (Å²) in [5.74, 6) is 4.34. The second-order valence-corrected chi connectivity index (χ2v) is 8.60. The van der Waals surface area contributed by atoms with Crippen molar-refractivity contribution in [1.29, 1.82) is 0 Å². The van der Waals surface area contributed by atoms with Gasteiger partial charge in [0.15, 0.2) is 0 Å². The Morgan fingerprint density at radius 3 is 2.67 bits per heavy atom. The van der Waals surface area contributed by atoms with Gasteiger partial charge in [-0.2, -0.15) is 13.2 Å². The highest BCUT2D eigenvalue weighted by Crippen LogP contribution is 2.33. The average molecular weight is 521 g/mol. The lowest BCUT2D eigenvalue weighted by Gasteiger charge is -2.23. The third-order valence-electron chi connectivity index (χ3n) is 5.56. The predicted molar refractivity (Wildman–Crippen MR) is 127 cm³/mol. The number of H-pyrrole nitrogens is 1. The molecule has 6 nitrogen and oxygen atoms in total. The van der Waals surface area contributed by atoms with Crippen LogP contribution in [-0.4, -0.2) is 35.6 Å². The van der Waals surface area contributed by atoms with Crippen LogP contribution < -0.4 is 15.4 Å². The van der Waals surface area contributed by atoms with Gasteiger partial charge in [-0.25, -0.2) is 9.37 Å². The monoisotopic (exact) mass is 520 g/mol. The summed E-state index contributed by atoms with van der Waals surface area (Å²) in [7, 11) is 0. The number of nitrogens with one attached hydrogen (secondary N) is 3. The van der Waals surface area contributed by atoms with Gasteiger partial charge in [-0.3, -0.25) is 4.79 Å². The summed E-state index contributed by atoms with van der Waals surface area (Å²) in [6, 6.07) is 8.39. The number of halogens is 5. The molecule has 3 N–H and O–H groups in total. The van der Waals surface area contributed by atoms with E-state index < -0.39 is 23.6 Å². The second-order valence-electron chi connectivity index (χ2n) is 8.19. The van der Waals surface area contributed by atoms with E-state index in [1.165, 1.54) is 18.2 Å². The van der Waals surface area contributed by atoms with Crippen LogP contribution in [0, 0.1) is 23.6 Å². The minimum absolute atomic E-state index is 0.0187. The van der Waals surface area contributed by atoms with E-state index in [0.29, 0.717) is 35.6 Å². The fraction of sp³-hybridized carbons (Fsp3) is 0.280. The molecule has 1 amide bonds. The number of piperidine rings is 1. The number of aromatic amines is 1. The standard InChI is InChI=1S/C25H21ClF4N4O2/c26-18-11-15(1-4-19(18)27)2-6-23(35)33-20-12-17(24-32-13-22(34-24)25(28,29)30)3-5-21(20)36-14-16-7-9-31-10-8-16/h1,3-5,11-13,16,31H,7-10,14H2,(H,32,34)(H,33,35). The first-order valence-electron chi connectivity index (χ1n) is 11.1. The predicted octanol–water partition coefficient (Wildman–Crippen LogP) is 5.26. The van der Waals surface area contributed by atoms with Gasteiger partial charge in [-0.05, 0) is 68.2 Å². The molecule has 1 aromatic heterocycles. The smallest absolute Gasteiger partial charge is 0.432 e. The summed E-state index contributed by atoms with van der Waals surface area (Å²) in [4.78, 5) is 18.6. The fourth-order valence-electron chi connectivity index (χ4n) is 3.63. The van der Waals surface area contributed by atoms with Crippen molar-refractivity contribution in [3.05, 3.63) is 64.7 Å². The Bertz CT molecular complexity index is 1310. The highest BCUT2D eigenvalue weighted by Gasteiger charge is 2.33. The average Bonchev–Trinajstić information content (AvgIpc) is 3.36. The van der Waals surface area contributed by atoms with Crippen LogP contribution in [0.2, 0.25) is 5.02 Å². The highest BCUT2D eigenvalue weighted by atomic mass is 35.5. The minimum atomic E-state index is -4.57. The molecule has 188 valence electrons. The van der Waals surface area contributed by atoms with E-state index in [1.54, 1.807) is 12.1 Å². The molecule has 1 aliphatic rings. The molecule has 0 saturated carbocycles. The molecule has 0 atom stereocenters. The molecule has 0 unspecified atom stereocenters. The molecule has 2 heterocycles. The number of imidazole rings is 1. The summed E-state index contributed by atoms with van der Waals surface area (Å²) in [5, 5.41) is 5.77. The van der Waals surface area contributed by atoms with Crippen LogP contribution >= 0.6 is 11.6 Å². The molecular formula is C25H21ClF4N4O2. The van der Waals surface area contributed by atoms with Crippen LogP contribution in [0.1, 0.15) is 24.1 Å². The normalized spacial score (nSPS) is 14.1. The van der Waals surface area contributed by atoms with Crippen LogP contribution in [-0.2, 0) is 11.0 Å². The number of alkyl halides is 3. The van der Waals surface area contributed by atoms with E-state index in [2.05, 4.69) is 32.4 Å². The van der Waals surface area contributed by atoms with E-state index >= 15 is 0 Å². The van der Waals surface area contributed by atoms with Crippen molar-refractivity contribution in [3.8, 4) is 29.0 Å². The Kier molecular flexibility index (Phi) is 7.82. The number of hydrogen-bond acceptors (Lipinski definition) is 4. The van der Waals surface area contributed by atoms with Crippen LogP contribution in [0.15, 0.2) is 42.6 Å². The highest BCUT2D eigenvalue weighted by molar-refractivity contribution is 6.30. The van der Waals surface area contributed by atoms with E-state index in [0.717, 1.165) is 32.0 Å². The van der Waals surface area contributed by atoms with Crippen molar-refractivity contribution in [3.63, 3.8) is 0 Å². The number of aromatic nitrogens is 2. The van der Waals surface area contributed by atoms with Crippen molar-refractivity contribution in [1.82, 2.24) is 15.3 Å². The Morgan fingerprint density at radius 2 is 1.97 bits per heavy atom. The largest absolute Gasteiger partial charge is 0.491 e. The molecule has 11 heteroatoms. The van der Waals surface area contributed by atoms with Gasteiger partial charge in [-0.15, -0.1) is 0 Å². The van der Waals surface area contributed by atoms with Crippen LogP contribution in [0.25, 0.3) is 11.4 Å². The van der Waals surface area contributed by atoms with E-state index in [9.17, 15) is 22.4 Å². The molecule has 0 aliphatic carbocycles. The fourth-order valence-corrected chi connectivity index (χ4v) is 3.81. The first kappa shape index (κ1) is 25.5. The van der Waals surface area contributed by atoms with Crippen molar-refractivity contribution in [2.45, 2.75) is 19.0 Å². The first-order chi connectivity index (χ1) is 17.2. The van der Waals surface area contributed by atoms with Gasteiger partial charge in [0.1, 0.15) is 23.1 Å². The molecule has 1 aliphatic heterocycles. The number of carbonyl (C=O) groups excluding carboxylic acids is 1. The molecule has 1 saturated heterocycles. The Labute approximate surface area is 209 Å². The zero-order valence-corrected chi connectivity index (χ0v) is 19.6. The molecule has 0 bridgehead atoms. The lowest BCUT2D eigenvalue weighted by Crippen LogP contribution is -2.30. The SMILES string of the molecule is O=C(C#Cc1ccc(F)c(Cl)c1)Nc1cc(-c2ncc(C(F)(F)F)[nH]2)ccc1OCC1CCNCC1. The zero-order valence-electron chi connectivity index (χ0n) is 18.8. The third-order valence-corrected chi connectivity index (χ3v) is 5.85. The number of ether oxygens (including phenoxy) is 1. The van der Waals surface area contributed by atoms with Crippen molar-refractivity contribution in [2.24, 2.45) is 5.92 Å². The van der Waals surface area contributed by atoms with Gasteiger partial charge in [0.05, 0.1) is 23.5 Å². The number of hydrogen-bond donors (Lipinski definition) is 3. The summed E-state index contributed by atoms with van der Waals surface area (Å²) in [6.07, 6.45) is -1.98. The maximum absolute atomic E-state index is 13.3. The number of anilines is 1. The molecule has 0 spiro atoms. The number of carbonyl (C=O) groups is 1. The van der Waals surface area contributed by atoms with E-state index in [-0.39, 0.29) is 16.5 Å². The van der Waals surface area contributed by atoms with E-state index in [4.69, 9.17) is 16.3 Å². The zero-order chi connectivity index (χ0) is 25.7. The van der Waals surface area contributed by atoms with E-state index in [1.807, 2.05) is 0 Å². The Morgan fingerprint density at radius 1 is 1.19 bits per heavy atom. The maximum atomic E-state index is 13.3. The Balaban J connectivity index is 1.57. The van der Waals surface area contributed by atoms with Crippen LogP contribution in [0.3, 0.4) is 0 Å². The van der Waals surface area contributed by atoms with Gasteiger partial charge in [0, 0.05) is 17.0 Å². The molecule has 4 rings (SSSR count). The molecule has 0 radical (unpaired) electrons. The van der Waals surface area contributed by atoms with Gasteiger partial charge in [0.2, 0.25) is 0 Å². The molecule has 2 aromatic carbocycles. The lowest BCUT2D eigenvalue weighted by molar-refractivity contribution is -0.140. The molecule has 36 heavy (non-hydrogen) atoms. The van der Waals surface area contributed by atoms with Gasteiger partial charge < -0.3 is 20.4 Å². The first-order valence-corrected chi connectivity index (χ1v) is 11.4. The topological polar surface area (TPSA) is 79.0 Å². The number of benzene rings is 2. The number of amides is 1. The lowest BCUT2D eigenvalue weighted by atomic mass is 9.99. The molecule has 3 aromatic rings. The number of rotatable bonds is 5. The van der Waals surface area contributed by atoms with Gasteiger partial charge >= 0.3 is 12.1 Å². The molecular weight excluding hydrogens is 500 g/mol. The van der Waals surface area contributed by atoms with Gasteiger partial charge in [-0.1, -0.05) is 17.5 Å². The second kappa shape index (κ2) is 11.0. The van der Waals surface area contributed by atoms with Gasteiger partial charge in [0.25, 0.3) is 0 Å². The van der Waals surface area contributed by atoms with Crippen LogP contribution in [0.5, 0.6) is 5.75 Å². The summed E-state index contributed by atoms with van der Waals surface area (Å²) in [5.41, 5.74) is -0.114. The quantitative estimate of drug-likeness (QED) is 0.317. The van der Waals surface area contributed by atoms with Crippen molar-refractivity contribution < 1.29 is 27.1 Å². The third kappa shape index (κ3) is 6.56. The van der Waals surface area contributed by atoms with Crippen molar-refractivity contribution in [2.75, 3.05) is 25.0 Å². The summed E-state index contributed by atoms with van der Waals surface area (Å²) in [6.45, 7) is 2.20. The van der Waals surface area contributed by atoms with Crippen molar-refractivity contribution >= 4 is 23.2 Å².